The highest BCUT2D eigenvalue weighted by molar-refractivity contribution is 7.91. The highest BCUT2D eigenvalue weighted by Gasteiger charge is 2.35. The third kappa shape index (κ3) is 5.01. The van der Waals surface area contributed by atoms with Gasteiger partial charge in [0.2, 0.25) is 9.84 Å². The summed E-state index contributed by atoms with van der Waals surface area (Å²) in [5.74, 6) is 1.63. The number of aromatic nitrogens is 1. The number of para-hydroxylation sites is 1. The average Bonchev–Trinajstić information content (AvgIpc) is 3.51. The van der Waals surface area contributed by atoms with E-state index < -0.39 is 9.84 Å². The van der Waals surface area contributed by atoms with Gasteiger partial charge in [0.15, 0.2) is 0 Å². The van der Waals surface area contributed by atoms with Crippen molar-refractivity contribution in [1.82, 2.24) is 4.57 Å². The van der Waals surface area contributed by atoms with Crippen LogP contribution in [0, 0.1) is 11.3 Å². The van der Waals surface area contributed by atoms with Gasteiger partial charge < -0.3 is 9.30 Å². The Morgan fingerprint density at radius 1 is 0.558 bits per heavy atom. The molecule has 1 aliphatic heterocycles. The van der Waals surface area contributed by atoms with Crippen molar-refractivity contribution >= 4 is 31.6 Å². The normalized spacial score (nSPS) is 13.2. The van der Waals surface area contributed by atoms with Crippen LogP contribution in [0.3, 0.4) is 0 Å². The molecule has 0 fully saturated rings. The summed E-state index contributed by atoms with van der Waals surface area (Å²) in [4.78, 5) is 0.541. The molecule has 2 heterocycles. The minimum Gasteiger partial charge on any atom is -0.457 e. The molecule has 8 aromatic rings. The van der Waals surface area contributed by atoms with Crippen molar-refractivity contribution in [3.63, 3.8) is 0 Å². The minimum atomic E-state index is -3.60. The number of rotatable bonds is 5. The summed E-state index contributed by atoms with van der Waals surface area (Å²) in [5.41, 5.74) is 9.63. The lowest BCUT2D eigenvalue weighted by atomic mass is 9.74. The smallest absolute Gasteiger partial charge is 0.206 e. The first-order chi connectivity index (χ1) is 25.2. The van der Waals surface area contributed by atoms with Gasteiger partial charge in [-0.2, -0.15) is 5.26 Å². The Bertz CT molecular complexity index is 2850. The highest BCUT2D eigenvalue weighted by atomic mass is 32.2. The van der Waals surface area contributed by atoms with Gasteiger partial charge in [0.05, 0.1) is 32.5 Å². The van der Waals surface area contributed by atoms with E-state index in [1.165, 1.54) is 0 Å². The largest absolute Gasteiger partial charge is 0.457 e. The third-order valence-electron chi connectivity index (χ3n) is 10.3. The van der Waals surface area contributed by atoms with Crippen LogP contribution >= 0.6 is 0 Å². The van der Waals surface area contributed by atoms with E-state index in [1.807, 2.05) is 60.7 Å². The molecule has 0 saturated heterocycles. The third-order valence-corrected chi connectivity index (χ3v) is 12.1. The first-order valence-corrected chi connectivity index (χ1v) is 18.6. The van der Waals surface area contributed by atoms with Crippen molar-refractivity contribution in [3.05, 3.63) is 174 Å². The molecule has 6 heteroatoms. The van der Waals surface area contributed by atoms with E-state index in [1.54, 1.807) is 42.5 Å². The molecular formula is C46H32N2O3S. The zero-order valence-electron chi connectivity index (χ0n) is 28.5. The summed E-state index contributed by atoms with van der Waals surface area (Å²) < 4.78 is 35.1. The zero-order valence-corrected chi connectivity index (χ0v) is 29.4. The number of ether oxygens (including phenoxy) is 1. The summed E-state index contributed by atoms with van der Waals surface area (Å²) in [5, 5.41) is 11.8. The van der Waals surface area contributed by atoms with Crippen molar-refractivity contribution in [2.75, 3.05) is 0 Å². The Labute approximate surface area is 302 Å². The molecule has 0 amide bonds. The van der Waals surface area contributed by atoms with Gasteiger partial charge in [-0.15, -0.1) is 0 Å². The van der Waals surface area contributed by atoms with Crippen LogP contribution in [0.2, 0.25) is 0 Å². The number of sulfone groups is 1. The fraction of sp³-hybridized carbons (Fsp3) is 0.0652. The van der Waals surface area contributed by atoms with Gasteiger partial charge in [-0.25, -0.2) is 8.42 Å². The molecule has 7 aromatic carbocycles. The first-order valence-electron chi connectivity index (χ1n) is 17.1. The predicted octanol–water partition coefficient (Wildman–Crippen LogP) is 11.3. The lowest BCUT2D eigenvalue weighted by molar-refractivity contribution is 0.418. The van der Waals surface area contributed by atoms with E-state index in [9.17, 15) is 13.7 Å². The molecule has 1 aromatic heterocycles. The molecule has 0 radical (unpaired) electrons. The Morgan fingerprint density at radius 2 is 1.06 bits per heavy atom. The second-order valence-electron chi connectivity index (χ2n) is 13.7. The fourth-order valence-electron chi connectivity index (χ4n) is 7.53. The van der Waals surface area contributed by atoms with Gasteiger partial charge >= 0.3 is 0 Å². The van der Waals surface area contributed by atoms with E-state index >= 15 is 0 Å². The van der Waals surface area contributed by atoms with Crippen molar-refractivity contribution in [2.24, 2.45) is 0 Å². The lowest BCUT2D eigenvalue weighted by Crippen LogP contribution is -2.24. The molecule has 52 heavy (non-hydrogen) atoms. The van der Waals surface area contributed by atoms with E-state index in [0.717, 1.165) is 72.4 Å². The number of hydrogen-bond acceptors (Lipinski definition) is 4. The van der Waals surface area contributed by atoms with Gasteiger partial charge in [0.25, 0.3) is 0 Å². The van der Waals surface area contributed by atoms with Crippen LogP contribution in [0.5, 0.6) is 11.5 Å². The molecule has 5 nitrogen and oxygen atoms in total. The molecule has 9 rings (SSSR count). The number of benzene rings is 7. The number of hydrogen-bond donors (Lipinski definition) is 0. The Hall–Kier alpha value is -6.42. The quantitative estimate of drug-likeness (QED) is 0.180. The molecule has 0 unspecified atom stereocenters. The zero-order chi connectivity index (χ0) is 35.6. The summed E-state index contributed by atoms with van der Waals surface area (Å²) in [7, 11) is -3.60. The minimum absolute atomic E-state index is 0.263. The van der Waals surface area contributed by atoms with E-state index in [2.05, 4.69) is 79.1 Å². The average molecular weight is 693 g/mol. The number of fused-ring (bicyclic) bond motifs is 5. The molecule has 0 N–H and O–H groups in total. The van der Waals surface area contributed by atoms with Crippen molar-refractivity contribution in [3.8, 4) is 45.5 Å². The van der Waals surface area contributed by atoms with Gasteiger partial charge in [-0.05, 0) is 113 Å². The topological polar surface area (TPSA) is 72.1 Å². The molecule has 1 aliphatic rings. The van der Waals surface area contributed by atoms with Crippen molar-refractivity contribution < 1.29 is 13.2 Å². The molecule has 0 aliphatic carbocycles. The van der Waals surface area contributed by atoms with Crippen molar-refractivity contribution in [1.29, 1.82) is 5.26 Å². The SMILES string of the molecule is CC1(C)c2cc(-c3ccc(S(=O)(=O)c4ccccc4)cc3)ccc2Oc2ccc(-c3ccc4c(c3)c3cc(C#N)ccc3n4-c3ccccc3)cc21. The molecule has 0 spiro atoms. The lowest BCUT2D eigenvalue weighted by Gasteiger charge is -2.35. The molecule has 0 saturated carbocycles. The number of nitriles is 1. The maximum atomic E-state index is 13.2. The van der Waals surface area contributed by atoms with Crippen LogP contribution in [0.4, 0.5) is 0 Å². The summed E-state index contributed by atoms with van der Waals surface area (Å²) in [6.45, 7) is 4.44. The molecule has 250 valence electrons. The maximum Gasteiger partial charge on any atom is 0.206 e. The molecule has 0 atom stereocenters. The van der Waals surface area contributed by atoms with E-state index in [4.69, 9.17) is 4.74 Å². The summed E-state index contributed by atoms with van der Waals surface area (Å²) in [6.07, 6.45) is 0. The molecule has 0 bridgehead atoms. The van der Waals surface area contributed by atoms with Crippen molar-refractivity contribution in [2.45, 2.75) is 29.1 Å². The van der Waals surface area contributed by atoms with E-state index in [0.29, 0.717) is 5.56 Å². The van der Waals surface area contributed by atoms with Crippen LogP contribution in [0.1, 0.15) is 30.5 Å². The summed E-state index contributed by atoms with van der Waals surface area (Å²) in [6, 6.07) is 53.2. The van der Waals surface area contributed by atoms with E-state index in [-0.39, 0.29) is 15.2 Å². The Morgan fingerprint density at radius 3 is 1.69 bits per heavy atom. The highest BCUT2D eigenvalue weighted by Crippen LogP contribution is 2.50. The van der Waals surface area contributed by atoms with Crippen LogP contribution < -0.4 is 4.74 Å². The van der Waals surface area contributed by atoms with Crippen LogP contribution in [0.15, 0.2) is 168 Å². The van der Waals surface area contributed by atoms with Crippen LogP contribution in [-0.4, -0.2) is 13.0 Å². The number of nitrogens with zero attached hydrogens (tertiary/aromatic N) is 2. The second kappa shape index (κ2) is 11.8. The summed E-state index contributed by atoms with van der Waals surface area (Å²) >= 11 is 0. The first kappa shape index (κ1) is 31.6. The Balaban J connectivity index is 1.09. The van der Waals surface area contributed by atoms with Gasteiger partial charge in [-0.1, -0.05) is 80.6 Å². The van der Waals surface area contributed by atoms with Gasteiger partial charge in [-0.3, -0.25) is 0 Å². The van der Waals surface area contributed by atoms with Crippen LogP contribution in [-0.2, 0) is 15.3 Å². The maximum absolute atomic E-state index is 13.2. The molecular weight excluding hydrogens is 661 g/mol. The fourth-order valence-corrected chi connectivity index (χ4v) is 8.81. The standard InChI is InChI=1S/C46H32N2O3S/c1-46(2)40-27-33(31-14-19-37(20-15-31)52(49,50)36-11-7-4-8-12-36)17-23-44(40)51-45-24-18-34(28-41(45)46)32-16-22-43-39(26-32)38-25-30(29-47)13-21-42(38)48(43)35-9-5-3-6-10-35/h3-28H,1-2H3. The van der Waals surface area contributed by atoms with Gasteiger partial charge in [0.1, 0.15) is 11.5 Å². The van der Waals surface area contributed by atoms with Gasteiger partial charge in [0, 0.05) is 33.0 Å². The second-order valence-corrected chi connectivity index (χ2v) is 15.7. The van der Waals surface area contributed by atoms with Crippen LogP contribution in [0.25, 0.3) is 49.7 Å². The Kier molecular flexibility index (Phi) is 7.18. The predicted molar refractivity (Wildman–Crippen MR) is 207 cm³/mol. The monoisotopic (exact) mass is 692 g/mol.